The Kier molecular flexibility index (Phi) is 6.39. The van der Waals surface area contributed by atoms with Gasteiger partial charge in [0.2, 0.25) is 0 Å². The van der Waals surface area contributed by atoms with Crippen molar-refractivity contribution >= 4 is 26.6 Å². The number of imidazole rings is 1. The van der Waals surface area contributed by atoms with Crippen LogP contribution < -0.4 is 4.74 Å². The van der Waals surface area contributed by atoms with Gasteiger partial charge in [0.05, 0.1) is 34.9 Å². The number of hydrogen-bond acceptors (Lipinski definition) is 8. The molecule has 3 aromatic rings. The van der Waals surface area contributed by atoms with Gasteiger partial charge in [-0.15, -0.1) is 0 Å². The Labute approximate surface area is 181 Å². The van der Waals surface area contributed by atoms with E-state index in [4.69, 9.17) is 4.74 Å². The fourth-order valence-corrected chi connectivity index (χ4v) is 3.94. The number of hydrogen-bond donors (Lipinski definition) is 0. The lowest BCUT2D eigenvalue weighted by Crippen LogP contribution is -2.11. The molecule has 0 bridgehead atoms. The van der Waals surface area contributed by atoms with Crippen LogP contribution in [0, 0.1) is 0 Å². The van der Waals surface area contributed by atoms with E-state index in [1.807, 2.05) is 0 Å². The number of sulfone groups is 1. The molecule has 172 valence electrons. The fraction of sp³-hybridized carbons (Fsp3) is 0.368. The molecule has 0 aliphatic carbocycles. The highest BCUT2D eigenvalue weighted by atomic mass is 32.2. The molecule has 0 aliphatic rings. The van der Waals surface area contributed by atoms with Crippen LogP contribution in [-0.2, 0) is 27.9 Å². The molecule has 0 amide bonds. The van der Waals surface area contributed by atoms with E-state index >= 15 is 0 Å². The maximum Gasteiger partial charge on any atom is 0.433 e. The molecule has 9 nitrogen and oxygen atoms in total. The van der Waals surface area contributed by atoms with Crippen LogP contribution >= 0.6 is 0 Å². The van der Waals surface area contributed by atoms with E-state index in [0.29, 0.717) is 11.2 Å². The minimum Gasteiger partial charge on any atom is -0.486 e. The molecule has 3 heterocycles. The summed E-state index contributed by atoms with van der Waals surface area (Å²) in [5.74, 6) is 0.0296. The Hall–Kier alpha value is -3.22. The average molecular weight is 471 g/mol. The zero-order valence-electron chi connectivity index (χ0n) is 17.6. The number of pyridine rings is 2. The fourth-order valence-electron chi connectivity index (χ4n) is 2.89. The summed E-state index contributed by atoms with van der Waals surface area (Å²) in [6.07, 6.45) is -2.29. The molecule has 32 heavy (non-hydrogen) atoms. The third kappa shape index (κ3) is 4.66. The smallest absolute Gasteiger partial charge is 0.433 e. The highest BCUT2D eigenvalue weighted by Gasteiger charge is 2.33. The number of aromatic nitrogens is 4. The predicted octanol–water partition coefficient (Wildman–Crippen LogP) is 3.24. The Morgan fingerprint density at radius 2 is 1.94 bits per heavy atom. The van der Waals surface area contributed by atoms with Gasteiger partial charge in [0.25, 0.3) is 0 Å². The van der Waals surface area contributed by atoms with Crippen LogP contribution in [0.1, 0.15) is 19.5 Å². The molecule has 0 spiro atoms. The van der Waals surface area contributed by atoms with Crippen LogP contribution in [0.3, 0.4) is 0 Å². The van der Waals surface area contributed by atoms with E-state index in [2.05, 4.69) is 24.9 Å². The molecular weight excluding hydrogens is 451 g/mol. The number of halogens is 3. The summed E-state index contributed by atoms with van der Waals surface area (Å²) < 4.78 is 71.5. The minimum absolute atomic E-state index is 0.00580. The summed E-state index contributed by atoms with van der Waals surface area (Å²) in [5.41, 5.74) is -0.283. The number of alkyl halides is 3. The van der Waals surface area contributed by atoms with E-state index in [1.54, 1.807) is 14.0 Å². The van der Waals surface area contributed by atoms with Gasteiger partial charge in [0.15, 0.2) is 15.7 Å². The Morgan fingerprint density at radius 1 is 1.22 bits per heavy atom. The molecule has 0 aliphatic heterocycles. The second-order valence-electron chi connectivity index (χ2n) is 6.77. The van der Waals surface area contributed by atoms with Crippen molar-refractivity contribution in [1.82, 2.24) is 19.5 Å². The van der Waals surface area contributed by atoms with Gasteiger partial charge in [-0.05, 0) is 13.0 Å². The van der Waals surface area contributed by atoms with Gasteiger partial charge in [-0.25, -0.2) is 23.4 Å². The number of aryl methyl sites for hydroxylation is 1. The normalized spacial score (nSPS) is 12.9. The monoisotopic (exact) mass is 471 g/mol. The second-order valence-corrected chi connectivity index (χ2v) is 9.02. The van der Waals surface area contributed by atoms with Gasteiger partial charge in [-0.1, -0.05) is 12.1 Å². The first kappa shape index (κ1) is 23.4. The SMILES string of the molecule is CCS(=O)(=O)c1cc(OC/C(C)=N\OC)cnc1-c1nc2cc(C(F)(F)F)ncc2n1C. The maximum absolute atomic E-state index is 13.0. The van der Waals surface area contributed by atoms with Crippen molar-refractivity contribution in [2.24, 2.45) is 12.2 Å². The molecule has 0 N–H and O–H groups in total. The standard InChI is InChI=1S/C19H20F3N5O4S/c1-5-32(28,29)15-6-12(31-10-11(2)26-30-4)8-24-17(15)18-25-13-7-16(19(20,21)22)23-9-14(13)27(18)3/h6-9H,5,10H2,1-4H3/b26-11-. The molecule has 0 saturated heterocycles. The molecule has 0 saturated carbocycles. The first-order chi connectivity index (χ1) is 15.0. The Morgan fingerprint density at radius 3 is 2.56 bits per heavy atom. The minimum atomic E-state index is -4.63. The highest BCUT2D eigenvalue weighted by molar-refractivity contribution is 7.91. The molecule has 13 heteroatoms. The van der Waals surface area contributed by atoms with Crippen LogP contribution in [-0.4, -0.2) is 53.1 Å². The quantitative estimate of drug-likeness (QED) is 0.384. The number of ether oxygens (including phenoxy) is 1. The molecule has 3 aromatic heterocycles. The zero-order chi connectivity index (χ0) is 23.7. The van der Waals surface area contributed by atoms with Crippen molar-refractivity contribution in [2.45, 2.75) is 24.9 Å². The summed E-state index contributed by atoms with van der Waals surface area (Å²) in [5, 5.41) is 3.71. The van der Waals surface area contributed by atoms with Crippen LogP contribution in [0.5, 0.6) is 5.75 Å². The first-order valence-corrected chi connectivity index (χ1v) is 11.0. The molecular formula is C19H20F3N5O4S. The largest absolute Gasteiger partial charge is 0.486 e. The number of oxime groups is 1. The van der Waals surface area contributed by atoms with Crippen LogP contribution in [0.4, 0.5) is 13.2 Å². The topological polar surface area (TPSA) is 109 Å². The van der Waals surface area contributed by atoms with Gasteiger partial charge in [-0.3, -0.25) is 0 Å². The Balaban J connectivity index is 2.13. The van der Waals surface area contributed by atoms with Gasteiger partial charge in [0.1, 0.15) is 35.7 Å². The second kappa shape index (κ2) is 8.73. The third-order valence-electron chi connectivity index (χ3n) is 4.51. The Bertz CT molecular complexity index is 1290. The molecule has 0 atom stereocenters. The lowest BCUT2D eigenvalue weighted by Gasteiger charge is -2.12. The van der Waals surface area contributed by atoms with Crippen molar-refractivity contribution in [2.75, 3.05) is 19.5 Å². The molecule has 0 fully saturated rings. The van der Waals surface area contributed by atoms with Gasteiger partial charge < -0.3 is 14.1 Å². The van der Waals surface area contributed by atoms with Crippen molar-refractivity contribution in [3.05, 3.63) is 30.2 Å². The molecule has 0 radical (unpaired) electrons. The lowest BCUT2D eigenvalue weighted by molar-refractivity contribution is -0.141. The van der Waals surface area contributed by atoms with Crippen LogP contribution in [0.15, 0.2) is 34.6 Å². The van der Waals surface area contributed by atoms with Crippen molar-refractivity contribution in [3.8, 4) is 17.3 Å². The third-order valence-corrected chi connectivity index (χ3v) is 6.25. The van der Waals surface area contributed by atoms with E-state index in [0.717, 1.165) is 12.3 Å². The maximum atomic E-state index is 13.0. The number of fused-ring (bicyclic) bond motifs is 1. The van der Waals surface area contributed by atoms with Crippen molar-refractivity contribution in [3.63, 3.8) is 0 Å². The van der Waals surface area contributed by atoms with E-state index in [1.165, 1.54) is 30.9 Å². The van der Waals surface area contributed by atoms with E-state index < -0.39 is 21.7 Å². The lowest BCUT2D eigenvalue weighted by atomic mass is 10.3. The number of nitrogens with zero attached hydrogens (tertiary/aromatic N) is 5. The van der Waals surface area contributed by atoms with Gasteiger partial charge >= 0.3 is 6.18 Å². The summed E-state index contributed by atoms with van der Waals surface area (Å²) in [4.78, 5) is 16.4. The van der Waals surface area contributed by atoms with E-state index in [-0.39, 0.29) is 40.0 Å². The molecule has 0 unspecified atom stereocenters. The predicted molar refractivity (Wildman–Crippen MR) is 110 cm³/mol. The van der Waals surface area contributed by atoms with E-state index in [9.17, 15) is 21.6 Å². The van der Waals surface area contributed by atoms with Gasteiger partial charge in [0, 0.05) is 13.1 Å². The highest BCUT2D eigenvalue weighted by Crippen LogP contribution is 2.33. The summed E-state index contributed by atoms with van der Waals surface area (Å²) in [6.45, 7) is 3.17. The summed E-state index contributed by atoms with van der Waals surface area (Å²) in [6, 6.07) is 2.11. The average Bonchev–Trinajstić information content (AvgIpc) is 3.07. The molecule has 0 aromatic carbocycles. The van der Waals surface area contributed by atoms with Crippen molar-refractivity contribution < 1.29 is 31.2 Å². The van der Waals surface area contributed by atoms with Crippen LogP contribution in [0.2, 0.25) is 0 Å². The van der Waals surface area contributed by atoms with Gasteiger partial charge in [-0.2, -0.15) is 13.2 Å². The number of rotatable bonds is 7. The first-order valence-electron chi connectivity index (χ1n) is 9.30. The summed E-state index contributed by atoms with van der Waals surface area (Å²) in [7, 11) is -0.855. The summed E-state index contributed by atoms with van der Waals surface area (Å²) >= 11 is 0. The van der Waals surface area contributed by atoms with Crippen LogP contribution in [0.25, 0.3) is 22.6 Å². The zero-order valence-corrected chi connectivity index (χ0v) is 18.5. The van der Waals surface area contributed by atoms with Crippen molar-refractivity contribution in [1.29, 1.82) is 0 Å². The molecule has 3 rings (SSSR count).